The van der Waals surface area contributed by atoms with Gasteiger partial charge in [0.1, 0.15) is 12.4 Å². The molecule has 0 heterocycles. The van der Waals surface area contributed by atoms with Gasteiger partial charge in [0.2, 0.25) is 0 Å². The first-order valence-electron chi connectivity index (χ1n) is 5.25. The Hall–Kier alpha value is -0.800. The maximum atomic E-state index is 5.70. The molecular weight excluding hydrogens is 266 g/mol. The number of halogens is 1. The Morgan fingerprint density at radius 3 is 2.38 bits per heavy atom. The Balaban J connectivity index is 2.89. The van der Waals surface area contributed by atoms with Gasteiger partial charge in [-0.25, -0.2) is 0 Å². The molecule has 0 amide bonds. The van der Waals surface area contributed by atoms with E-state index in [1.165, 1.54) is 16.7 Å². The van der Waals surface area contributed by atoms with Crippen molar-refractivity contribution in [2.45, 2.75) is 20.4 Å². The van der Waals surface area contributed by atoms with Crippen molar-refractivity contribution >= 4 is 15.9 Å². The molecule has 0 atom stereocenters. The highest BCUT2D eigenvalue weighted by Gasteiger charge is 2.06. The summed E-state index contributed by atoms with van der Waals surface area (Å²) in [5, 5.41) is 3.15. The lowest BCUT2D eigenvalue weighted by Gasteiger charge is -2.13. The summed E-state index contributed by atoms with van der Waals surface area (Å²) in [6.45, 7) is 9.28. The number of hydrogen-bond acceptors (Lipinski definition) is 2. The first-order valence-corrected chi connectivity index (χ1v) is 6.04. The second-order valence-electron chi connectivity index (χ2n) is 3.90. The van der Waals surface area contributed by atoms with Gasteiger partial charge in [-0.2, -0.15) is 0 Å². The lowest BCUT2D eigenvalue weighted by Crippen LogP contribution is -2.07. The van der Waals surface area contributed by atoms with Crippen LogP contribution < -0.4 is 10.1 Å². The van der Waals surface area contributed by atoms with E-state index in [1.54, 1.807) is 0 Å². The van der Waals surface area contributed by atoms with Crippen molar-refractivity contribution in [1.29, 1.82) is 0 Å². The second kappa shape index (κ2) is 6.06. The predicted molar refractivity (Wildman–Crippen MR) is 72.2 cm³/mol. The number of hydrogen-bond donors (Lipinski definition) is 1. The van der Waals surface area contributed by atoms with Crippen LogP contribution in [0.2, 0.25) is 0 Å². The molecule has 1 N–H and O–H groups in total. The molecular formula is C13H18BrNO. The van der Waals surface area contributed by atoms with E-state index in [0.717, 1.165) is 16.8 Å². The third-order valence-electron chi connectivity index (χ3n) is 2.27. The van der Waals surface area contributed by atoms with Gasteiger partial charge in [0.25, 0.3) is 0 Å². The third kappa shape index (κ3) is 3.65. The van der Waals surface area contributed by atoms with Gasteiger partial charge < -0.3 is 10.1 Å². The van der Waals surface area contributed by atoms with E-state index in [4.69, 9.17) is 4.74 Å². The summed E-state index contributed by atoms with van der Waals surface area (Å²) in [6.07, 6.45) is 0. The average molecular weight is 284 g/mol. The van der Waals surface area contributed by atoms with Crippen LogP contribution in [0.15, 0.2) is 23.2 Å². The third-order valence-corrected chi connectivity index (χ3v) is 2.50. The second-order valence-corrected chi connectivity index (χ2v) is 5.02. The maximum Gasteiger partial charge on any atom is 0.125 e. The van der Waals surface area contributed by atoms with Crippen molar-refractivity contribution in [3.05, 3.63) is 39.9 Å². The van der Waals surface area contributed by atoms with Crippen molar-refractivity contribution < 1.29 is 4.74 Å². The largest absolute Gasteiger partial charge is 0.488 e. The van der Waals surface area contributed by atoms with Crippen LogP contribution in [-0.2, 0) is 6.54 Å². The molecule has 1 aromatic rings. The van der Waals surface area contributed by atoms with Crippen LogP contribution >= 0.6 is 15.9 Å². The van der Waals surface area contributed by atoms with Crippen LogP contribution in [-0.4, -0.2) is 13.7 Å². The zero-order chi connectivity index (χ0) is 12.1. The molecule has 0 spiro atoms. The number of rotatable bonds is 5. The minimum absolute atomic E-state index is 0.507. The van der Waals surface area contributed by atoms with Crippen LogP contribution in [0.4, 0.5) is 0 Å². The molecule has 1 aromatic carbocycles. The molecule has 16 heavy (non-hydrogen) atoms. The smallest absolute Gasteiger partial charge is 0.125 e. The van der Waals surface area contributed by atoms with Gasteiger partial charge >= 0.3 is 0 Å². The zero-order valence-electron chi connectivity index (χ0n) is 10.1. The molecule has 0 saturated heterocycles. The van der Waals surface area contributed by atoms with Gasteiger partial charge in [-0.1, -0.05) is 34.6 Å². The molecule has 0 bridgehead atoms. The van der Waals surface area contributed by atoms with Crippen LogP contribution in [0, 0.1) is 13.8 Å². The number of ether oxygens (including phenoxy) is 1. The standard InChI is InChI=1S/C13H18BrNO/c1-9-5-12(7-15-4)6-10(2)13(9)16-8-11(3)14/h5-6,15H,3,7-8H2,1-2,4H3. The first-order chi connectivity index (χ1) is 7.54. The van der Waals surface area contributed by atoms with E-state index < -0.39 is 0 Å². The average Bonchev–Trinajstić information content (AvgIpc) is 2.16. The molecule has 88 valence electrons. The molecule has 0 aromatic heterocycles. The summed E-state index contributed by atoms with van der Waals surface area (Å²) in [6, 6.07) is 4.30. The summed E-state index contributed by atoms with van der Waals surface area (Å²) in [4.78, 5) is 0. The van der Waals surface area contributed by atoms with Gasteiger partial charge in [-0.3, -0.25) is 0 Å². The molecule has 0 saturated carbocycles. The van der Waals surface area contributed by atoms with Crippen molar-refractivity contribution in [2.24, 2.45) is 0 Å². The van der Waals surface area contributed by atoms with Crippen molar-refractivity contribution in [3.8, 4) is 5.75 Å². The van der Waals surface area contributed by atoms with Crippen LogP contribution in [0.25, 0.3) is 0 Å². The summed E-state index contributed by atoms with van der Waals surface area (Å²) >= 11 is 3.29. The Labute approximate surface area is 106 Å². The fourth-order valence-electron chi connectivity index (χ4n) is 1.72. The number of nitrogens with one attached hydrogen (secondary N) is 1. The lowest BCUT2D eigenvalue weighted by atomic mass is 10.1. The number of aryl methyl sites for hydroxylation is 2. The van der Waals surface area contributed by atoms with Crippen molar-refractivity contribution in [1.82, 2.24) is 5.32 Å². The highest BCUT2D eigenvalue weighted by Crippen LogP contribution is 2.25. The summed E-state index contributed by atoms with van der Waals surface area (Å²) in [7, 11) is 1.95. The van der Waals surface area contributed by atoms with Gasteiger partial charge in [-0.15, -0.1) is 0 Å². The van der Waals surface area contributed by atoms with Gasteiger partial charge in [0.15, 0.2) is 0 Å². The normalized spacial score (nSPS) is 10.2. The topological polar surface area (TPSA) is 21.3 Å². The maximum absolute atomic E-state index is 5.70. The molecule has 0 radical (unpaired) electrons. The minimum atomic E-state index is 0.507. The fourth-order valence-corrected chi connectivity index (χ4v) is 1.84. The summed E-state index contributed by atoms with van der Waals surface area (Å²) in [5.41, 5.74) is 3.61. The molecule has 0 unspecified atom stereocenters. The molecule has 0 aliphatic carbocycles. The van der Waals surface area contributed by atoms with E-state index >= 15 is 0 Å². The molecule has 0 fully saturated rings. The van der Waals surface area contributed by atoms with Crippen molar-refractivity contribution in [2.75, 3.05) is 13.7 Å². The zero-order valence-corrected chi connectivity index (χ0v) is 11.6. The lowest BCUT2D eigenvalue weighted by molar-refractivity contribution is 0.355. The Morgan fingerprint density at radius 1 is 1.38 bits per heavy atom. The monoisotopic (exact) mass is 283 g/mol. The number of benzene rings is 1. The van der Waals surface area contributed by atoms with Gasteiger partial charge in [-0.05, 0) is 37.6 Å². The SMILES string of the molecule is C=C(Br)COc1c(C)cc(CNC)cc1C. The summed E-state index contributed by atoms with van der Waals surface area (Å²) < 4.78 is 6.55. The minimum Gasteiger partial charge on any atom is -0.488 e. The predicted octanol–water partition coefficient (Wildman–Crippen LogP) is 3.31. The molecule has 0 aliphatic rings. The van der Waals surface area contributed by atoms with E-state index in [2.05, 4.69) is 53.8 Å². The molecule has 2 nitrogen and oxygen atoms in total. The Bertz CT molecular complexity index is 365. The van der Waals surface area contributed by atoms with Gasteiger partial charge in [0.05, 0.1) is 0 Å². The van der Waals surface area contributed by atoms with E-state index in [1.807, 2.05) is 7.05 Å². The van der Waals surface area contributed by atoms with Crippen LogP contribution in [0.3, 0.4) is 0 Å². The summed E-state index contributed by atoms with van der Waals surface area (Å²) in [5.74, 6) is 0.959. The molecule has 3 heteroatoms. The molecule has 1 rings (SSSR count). The van der Waals surface area contributed by atoms with Crippen LogP contribution in [0.1, 0.15) is 16.7 Å². The van der Waals surface area contributed by atoms with Crippen molar-refractivity contribution in [3.63, 3.8) is 0 Å². The highest BCUT2D eigenvalue weighted by molar-refractivity contribution is 9.11. The Morgan fingerprint density at radius 2 is 1.94 bits per heavy atom. The highest BCUT2D eigenvalue weighted by atomic mass is 79.9. The van der Waals surface area contributed by atoms with Gasteiger partial charge in [0, 0.05) is 11.0 Å². The molecule has 0 aliphatic heterocycles. The fraction of sp³-hybridized carbons (Fsp3) is 0.385. The quantitative estimate of drug-likeness (QED) is 0.895. The first kappa shape index (κ1) is 13.3. The van der Waals surface area contributed by atoms with E-state index in [9.17, 15) is 0 Å². The Kier molecular flexibility index (Phi) is 5.03. The van der Waals surface area contributed by atoms with E-state index in [0.29, 0.717) is 6.61 Å². The van der Waals surface area contributed by atoms with E-state index in [-0.39, 0.29) is 0 Å². The van der Waals surface area contributed by atoms with Crippen LogP contribution in [0.5, 0.6) is 5.75 Å².